The summed E-state index contributed by atoms with van der Waals surface area (Å²) in [7, 11) is -4.19. The van der Waals surface area contributed by atoms with E-state index in [1.807, 2.05) is 13.1 Å². The Labute approximate surface area is 103 Å². The van der Waals surface area contributed by atoms with Gasteiger partial charge in [0.2, 0.25) is 8.41 Å². The van der Waals surface area contributed by atoms with Gasteiger partial charge in [0.15, 0.2) is 0 Å². The van der Waals surface area contributed by atoms with E-state index in [2.05, 4.69) is 45.6 Å². The summed E-state index contributed by atoms with van der Waals surface area (Å²) < 4.78 is 14.8. The van der Waals surface area contributed by atoms with Gasteiger partial charge in [-0.05, 0) is 31.4 Å². The first kappa shape index (κ1) is 14.2. The molecule has 0 bridgehead atoms. The van der Waals surface area contributed by atoms with Gasteiger partial charge in [-0.15, -0.1) is 0 Å². The Hall–Kier alpha value is 0.104. The number of halogens is 1. The molecule has 3 heteroatoms. The van der Waals surface area contributed by atoms with E-state index in [9.17, 15) is 4.11 Å². The van der Waals surface area contributed by atoms with Crippen LogP contribution in [0.2, 0.25) is 37.4 Å². The summed E-state index contributed by atoms with van der Waals surface area (Å²) in [5.74, 6) is 0. The van der Waals surface area contributed by atoms with E-state index in [1.165, 1.54) is 0 Å². The third-order valence-corrected chi connectivity index (χ3v) is 13.7. The van der Waals surface area contributed by atoms with Crippen LogP contribution in [0.1, 0.15) is 26.7 Å². The lowest BCUT2D eigenvalue weighted by Gasteiger charge is -2.52. The molecular formula is C13H27FSi2. The summed E-state index contributed by atoms with van der Waals surface area (Å²) in [4.78, 5) is 0. The molecule has 0 spiro atoms. The number of rotatable bonds is 2. The van der Waals surface area contributed by atoms with Gasteiger partial charge in [-0.1, -0.05) is 45.6 Å². The van der Waals surface area contributed by atoms with Gasteiger partial charge in [0.25, 0.3) is 0 Å². The van der Waals surface area contributed by atoms with Crippen molar-refractivity contribution in [1.29, 1.82) is 0 Å². The normalized spacial score (nSPS) is 30.5. The van der Waals surface area contributed by atoms with Crippen LogP contribution < -0.4 is 0 Å². The maximum Gasteiger partial charge on any atom is 0.248 e. The van der Waals surface area contributed by atoms with Crippen LogP contribution in [-0.4, -0.2) is 16.5 Å². The van der Waals surface area contributed by atoms with Crippen LogP contribution in [0.3, 0.4) is 0 Å². The molecule has 0 aromatic carbocycles. The van der Waals surface area contributed by atoms with Gasteiger partial charge in [-0.3, -0.25) is 0 Å². The van der Waals surface area contributed by atoms with E-state index < -0.39 is 16.5 Å². The Morgan fingerprint density at radius 3 is 1.81 bits per heavy atom. The third kappa shape index (κ3) is 2.35. The molecule has 0 aliphatic heterocycles. The molecule has 16 heavy (non-hydrogen) atoms. The zero-order valence-electron chi connectivity index (χ0n) is 11.9. The zero-order valence-corrected chi connectivity index (χ0v) is 13.9. The van der Waals surface area contributed by atoms with Gasteiger partial charge in [0.05, 0.1) is 8.07 Å². The predicted octanol–water partition coefficient (Wildman–Crippen LogP) is 5.16. The highest BCUT2D eigenvalue weighted by molar-refractivity contribution is 6.97. The summed E-state index contributed by atoms with van der Waals surface area (Å²) in [5.41, 5.74) is 0.269. The molecule has 0 saturated heterocycles. The smallest absolute Gasteiger partial charge is 0.248 e. The molecule has 94 valence electrons. The number of allylic oxidation sites excluding steroid dienone is 2. The molecule has 1 aliphatic carbocycles. The number of hydrogen-bond donors (Lipinski definition) is 0. The average Bonchev–Trinajstić information content (AvgIpc) is 1.97. The van der Waals surface area contributed by atoms with Gasteiger partial charge in [-0.2, -0.15) is 0 Å². The summed E-state index contributed by atoms with van der Waals surface area (Å²) in [5, 5.41) is 0. The second kappa shape index (κ2) is 3.80. The van der Waals surface area contributed by atoms with E-state index >= 15 is 0 Å². The lowest BCUT2D eigenvalue weighted by atomic mass is 9.80. The maximum atomic E-state index is 14.9. The van der Waals surface area contributed by atoms with Crippen molar-refractivity contribution in [3.63, 3.8) is 0 Å². The van der Waals surface area contributed by atoms with E-state index in [4.69, 9.17) is 0 Å². The molecule has 0 aromatic heterocycles. The molecule has 0 radical (unpaired) electrons. The van der Waals surface area contributed by atoms with Crippen LogP contribution in [0.25, 0.3) is 0 Å². The average molecular weight is 259 g/mol. The fraction of sp³-hybridized carbons (Fsp3) is 0.846. The first-order valence-corrected chi connectivity index (χ1v) is 12.7. The molecule has 1 unspecified atom stereocenters. The Morgan fingerprint density at radius 2 is 1.56 bits per heavy atom. The highest BCUT2D eigenvalue weighted by Gasteiger charge is 2.57. The van der Waals surface area contributed by atoms with Crippen molar-refractivity contribution in [3.8, 4) is 0 Å². The van der Waals surface area contributed by atoms with Crippen molar-refractivity contribution in [1.82, 2.24) is 0 Å². The quantitative estimate of drug-likeness (QED) is 0.365. The van der Waals surface area contributed by atoms with Crippen LogP contribution in [0.5, 0.6) is 0 Å². The van der Waals surface area contributed by atoms with Gasteiger partial charge in [0.1, 0.15) is 0 Å². The van der Waals surface area contributed by atoms with Gasteiger partial charge >= 0.3 is 0 Å². The van der Waals surface area contributed by atoms with E-state index in [1.54, 1.807) is 0 Å². The first-order valence-electron chi connectivity index (χ1n) is 6.28. The molecule has 0 aromatic rings. The Kier molecular flexibility index (Phi) is 3.37. The molecule has 1 atom stereocenters. The molecule has 0 saturated carbocycles. The number of hydrogen-bond acceptors (Lipinski definition) is 0. The molecule has 1 rings (SSSR count). The molecule has 1 aliphatic rings. The van der Waals surface area contributed by atoms with Crippen molar-refractivity contribution < 1.29 is 4.11 Å². The summed E-state index contributed by atoms with van der Waals surface area (Å²) in [6.45, 7) is 15.3. The third-order valence-electron chi connectivity index (χ3n) is 4.23. The largest absolute Gasteiger partial charge is 0.314 e. The van der Waals surface area contributed by atoms with Gasteiger partial charge in [0, 0.05) is 4.66 Å². The molecule has 0 fully saturated rings. The summed E-state index contributed by atoms with van der Waals surface area (Å²) >= 11 is 0. The second-order valence-corrected chi connectivity index (χ2v) is 17.4. The van der Waals surface area contributed by atoms with Crippen LogP contribution >= 0.6 is 0 Å². The van der Waals surface area contributed by atoms with E-state index in [-0.39, 0.29) is 10.1 Å². The van der Waals surface area contributed by atoms with E-state index in [0.29, 0.717) is 0 Å². The van der Waals surface area contributed by atoms with Crippen molar-refractivity contribution >= 4 is 16.5 Å². The first-order chi connectivity index (χ1) is 6.91. The monoisotopic (exact) mass is 258 g/mol. The molecule has 0 amide bonds. The minimum Gasteiger partial charge on any atom is -0.314 e. The van der Waals surface area contributed by atoms with Gasteiger partial charge in [-0.25, -0.2) is 0 Å². The maximum absolute atomic E-state index is 14.9. The minimum absolute atomic E-state index is 0.0816. The van der Waals surface area contributed by atoms with Crippen molar-refractivity contribution in [2.24, 2.45) is 5.41 Å². The topological polar surface area (TPSA) is 0 Å². The summed E-state index contributed by atoms with van der Waals surface area (Å²) in [6, 6.07) is 0. The standard InChI is InChI=1S/C13H27FSi2/c1-12(2)9-8-10-13(11-12,15(3,4)5)16(6,7)14/h8,10H,9,11H2,1-7H3. The summed E-state index contributed by atoms with van der Waals surface area (Å²) in [6.07, 6.45) is 6.65. The van der Waals surface area contributed by atoms with Gasteiger partial charge < -0.3 is 4.11 Å². The van der Waals surface area contributed by atoms with Crippen molar-refractivity contribution in [3.05, 3.63) is 12.2 Å². The highest BCUT2D eigenvalue weighted by atomic mass is 28.4. The molecule has 0 N–H and O–H groups in total. The SMILES string of the molecule is CC1(C)CC=CC([Si](C)(C)C)([Si](C)(C)F)C1. The molecule has 0 heterocycles. The fourth-order valence-electron chi connectivity index (χ4n) is 3.28. The van der Waals surface area contributed by atoms with Crippen LogP contribution in [-0.2, 0) is 0 Å². The van der Waals surface area contributed by atoms with Crippen LogP contribution in [0.4, 0.5) is 4.11 Å². The van der Waals surface area contributed by atoms with Crippen LogP contribution in [0.15, 0.2) is 12.2 Å². The predicted molar refractivity (Wildman–Crippen MR) is 76.8 cm³/mol. The van der Waals surface area contributed by atoms with Crippen molar-refractivity contribution in [2.75, 3.05) is 0 Å². The highest BCUT2D eigenvalue weighted by Crippen LogP contribution is 2.58. The Balaban J connectivity index is 3.28. The molecule has 0 nitrogen and oxygen atoms in total. The Bertz CT molecular complexity index is 278. The van der Waals surface area contributed by atoms with Crippen LogP contribution in [0, 0.1) is 5.41 Å². The zero-order chi connectivity index (χ0) is 12.8. The van der Waals surface area contributed by atoms with E-state index in [0.717, 1.165) is 12.8 Å². The second-order valence-electron chi connectivity index (χ2n) is 7.64. The fourth-order valence-corrected chi connectivity index (χ4v) is 13.5. The van der Waals surface area contributed by atoms with Crippen molar-refractivity contribution in [2.45, 2.75) is 64.1 Å². The molecular weight excluding hydrogens is 231 g/mol. The lowest BCUT2D eigenvalue weighted by molar-refractivity contribution is 0.306. The Morgan fingerprint density at radius 1 is 1.06 bits per heavy atom. The lowest BCUT2D eigenvalue weighted by Crippen LogP contribution is -2.55. The minimum atomic E-state index is -2.66.